The molecule has 0 aromatic rings. The first-order valence-electron chi connectivity index (χ1n) is 4.29. The molecule has 1 amide bonds. The fraction of sp³-hybridized carbons (Fsp3) is 0.750. The van der Waals surface area contributed by atoms with Crippen LogP contribution in [0, 0.1) is 0 Å². The molecule has 1 saturated heterocycles. The molecule has 0 radical (unpaired) electrons. The maximum Gasteiger partial charge on any atom is 0.317 e. The van der Waals surface area contributed by atoms with Crippen molar-refractivity contribution in [2.75, 3.05) is 19.6 Å². The van der Waals surface area contributed by atoms with Gasteiger partial charge in [-0.05, 0) is 6.42 Å². The summed E-state index contributed by atoms with van der Waals surface area (Å²) in [7, 11) is 0. The SMILES string of the molecule is CC(=O)N[C@@H]1CCN(CC(=O)O)C1. The van der Waals surface area contributed by atoms with Gasteiger partial charge in [0, 0.05) is 26.1 Å². The predicted molar refractivity (Wildman–Crippen MR) is 46.3 cm³/mol. The second-order valence-electron chi connectivity index (χ2n) is 3.31. The molecule has 13 heavy (non-hydrogen) atoms. The Morgan fingerprint density at radius 1 is 1.62 bits per heavy atom. The van der Waals surface area contributed by atoms with Crippen LogP contribution in [0.5, 0.6) is 0 Å². The molecule has 1 aliphatic heterocycles. The van der Waals surface area contributed by atoms with Crippen LogP contribution in [0.1, 0.15) is 13.3 Å². The maximum atomic E-state index is 10.7. The third-order valence-corrected chi connectivity index (χ3v) is 2.04. The van der Waals surface area contributed by atoms with Crippen LogP contribution in [0.25, 0.3) is 0 Å². The van der Waals surface area contributed by atoms with Gasteiger partial charge in [-0.3, -0.25) is 14.5 Å². The molecule has 5 heteroatoms. The molecule has 0 spiro atoms. The van der Waals surface area contributed by atoms with Gasteiger partial charge in [0.25, 0.3) is 0 Å². The Morgan fingerprint density at radius 2 is 2.31 bits per heavy atom. The largest absolute Gasteiger partial charge is 0.480 e. The lowest BCUT2D eigenvalue weighted by Crippen LogP contribution is -2.36. The molecule has 1 fully saturated rings. The molecule has 1 heterocycles. The minimum atomic E-state index is -0.816. The highest BCUT2D eigenvalue weighted by molar-refractivity contribution is 5.73. The monoisotopic (exact) mass is 186 g/mol. The molecule has 0 saturated carbocycles. The molecule has 0 aliphatic carbocycles. The molecular weight excluding hydrogens is 172 g/mol. The molecule has 2 N–H and O–H groups in total. The topological polar surface area (TPSA) is 69.6 Å². The Balaban J connectivity index is 2.27. The summed E-state index contributed by atoms with van der Waals surface area (Å²) in [4.78, 5) is 22.9. The van der Waals surface area contributed by atoms with Gasteiger partial charge in [-0.2, -0.15) is 0 Å². The number of hydrogen-bond acceptors (Lipinski definition) is 3. The molecule has 0 unspecified atom stereocenters. The Bertz CT molecular complexity index is 195. The Kier molecular flexibility index (Phi) is 3.25. The number of rotatable bonds is 3. The van der Waals surface area contributed by atoms with Crippen molar-refractivity contribution in [1.29, 1.82) is 0 Å². The van der Waals surface area contributed by atoms with Crippen molar-refractivity contribution >= 4 is 11.9 Å². The van der Waals surface area contributed by atoms with Crippen molar-refractivity contribution in [1.82, 2.24) is 10.2 Å². The average molecular weight is 186 g/mol. The van der Waals surface area contributed by atoms with Gasteiger partial charge >= 0.3 is 5.97 Å². The minimum absolute atomic E-state index is 0.0535. The van der Waals surface area contributed by atoms with Crippen LogP contribution in [-0.4, -0.2) is 47.6 Å². The first-order chi connectivity index (χ1) is 6.08. The minimum Gasteiger partial charge on any atom is -0.480 e. The van der Waals surface area contributed by atoms with E-state index >= 15 is 0 Å². The Labute approximate surface area is 76.7 Å². The van der Waals surface area contributed by atoms with Crippen molar-refractivity contribution in [2.45, 2.75) is 19.4 Å². The zero-order chi connectivity index (χ0) is 9.84. The second-order valence-corrected chi connectivity index (χ2v) is 3.31. The van der Waals surface area contributed by atoms with Gasteiger partial charge in [-0.25, -0.2) is 0 Å². The number of carboxylic acid groups (broad SMARTS) is 1. The number of likely N-dealkylation sites (tertiary alicyclic amines) is 1. The first kappa shape index (κ1) is 9.98. The molecule has 1 rings (SSSR count). The average Bonchev–Trinajstić information content (AvgIpc) is 2.33. The standard InChI is InChI=1S/C8H14N2O3/c1-6(11)9-7-2-3-10(4-7)5-8(12)13/h7H,2-5H2,1H3,(H,9,11)(H,12,13)/t7-/m1/s1. The first-order valence-corrected chi connectivity index (χ1v) is 4.29. The number of carbonyl (C=O) groups is 2. The van der Waals surface area contributed by atoms with E-state index in [1.54, 1.807) is 0 Å². The van der Waals surface area contributed by atoms with E-state index in [4.69, 9.17) is 5.11 Å². The third-order valence-electron chi connectivity index (χ3n) is 2.04. The lowest BCUT2D eigenvalue weighted by atomic mass is 10.3. The van der Waals surface area contributed by atoms with E-state index in [2.05, 4.69) is 5.32 Å². The van der Waals surface area contributed by atoms with E-state index in [9.17, 15) is 9.59 Å². The number of amides is 1. The zero-order valence-electron chi connectivity index (χ0n) is 7.62. The van der Waals surface area contributed by atoms with Crippen LogP contribution in [0.4, 0.5) is 0 Å². The molecule has 0 aromatic heterocycles. The predicted octanol–water partition coefficient (Wildman–Crippen LogP) is -0.719. The van der Waals surface area contributed by atoms with Gasteiger partial charge in [0.15, 0.2) is 0 Å². The highest BCUT2D eigenvalue weighted by atomic mass is 16.4. The highest BCUT2D eigenvalue weighted by Gasteiger charge is 2.23. The van der Waals surface area contributed by atoms with E-state index in [1.807, 2.05) is 4.90 Å². The van der Waals surface area contributed by atoms with Crippen molar-refractivity contribution in [3.63, 3.8) is 0 Å². The summed E-state index contributed by atoms with van der Waals surface area (Å²) in [5, 5.41) is 11.3. The Morgan fingerprint density at radius 3 is 2.85 bits per heavy atom. The van der Waals surface area contributed by atoms with Crippen LogP contribution in [0.2, 0.25) is 0 Å². The fourth-order valence-corrected chi connectivity index (χ4v) is 1.57. The van der Waals surface area contributed by atoms with Gasteiger partial charge in [0.1, 0.15) is 0 Å². The molecule has 0 bridgehead atoms. The summed E-state index contributed by atoms with van der Waals surface area (Å²) >= 11 is 0. The van der Waals surface area contributed by atoms with Gasteiger partial charge in [0.05, 0.1) is 6.54 Å². The van der Waals surface area contributed by atoms with E-state index in [0.717, 1.165) is 13.0 Å². The highest BCUT2D eigenvalue weighted by Crippen LogP contribution is 2.07. The normalized spacial score (nSPS) is 23.0. The Hall–Kier alpha value is -1.10. The number of carboxylic acids is 1. The number of aliphatic carboxylic acids is 1. The summed E-state index contributed by atoms with van der Waals surface area (Å²) in [6.07, 6.45) is 0.840. The van der Waals surface area contributed by atoms with Crippen LogP contribution >= 0.6 is 0 Å². The van der Waals surface area contributed by atoms with E-state index in [0.29, 0.717) is 6.54 Å². The van der Waals surface area contributed by atoms with Crippen molar-refractivity contribution < 1.29 is 14.7 Å². The third kappa shape index (κ3) is 3.42. The summed E-state index contributed by atoms with van der Waals surface area (Å²) in [6.45, 7) is 2.93. The maximum absolute atomic E-state index is 10.7. The summed E-state index contributed by atoms with van der Waals surface area (Å²) in [6, 6.07) is 0.122. The fourth-order valence-electron chi connectivity index (χ4n) is 1.57. The van der Waals surface area contributed by atoms with Crippen molar-refractivity contribution in [2.24, 2.45) is 0 Å². The van der Waals surface area contributed by atoms with Crippen molar-refractivity contribution in [3.8, 4) is 0 Å². The summed E-state index contributed by atoms with van der Waals surface area (Å²) < 4.78 is 0. The number of nitrogens with one attached hydrogen (secondary N) is 1. The molecule has 5 nitrogen and oxygen atoms in total. The molecule has 0 aromatic carbocycles. The second kappa shape index (κ2) is 4.23. The lowest BCUT2D eigenvalue weighted by Gasteiger charge is -2.13. The molecular formula is C8H14N2O3. The lowest BCUT2D eigenvalue weighted by molar-refractivity contribution is -0.138. The summed E-state index contributed by atoms with van der Waals surface area (Å²) in [5.74, 6) is -0.870. The van der Waals surface area contributed by atoms with Gasteiger partial charge in [-0.1, -0.05) is 0 Å². The molecule has 1 aliphatic rings. The van der Waals surface area contributed by atoms with Gasteiger partial charge < -0.3 is 10.4 Å². The van der Waals surface area contributed by atoms with Crippen LogP contribution < -0.4 is 5.32 Å². The zero-order valence-corrected chi connectivity index (χ0v) is 7.62. The number of hydrogen-bond donors (Lipinski definition) is 2. The van der Waals surface area contributed by atoms with E-state index < -0.39 is 5.97 Å². The summed E-state index contributed by atoms with van der Waals surface area (Å²) in [5.41, 5.74) is 0. The molecule has 74 valence electrons. The number of carbonyl (C=O) groups excluding carboxylic acids is 1. The smallest absolute Gasteiger partial charge is 0.317 e. The van der Waals surface area contributed by atoms with Crippen LogP contribution in [0.3, 0.4) is 0 Å². The molecule has 1 atom stereocenters. The van der Waals surface area contributed by atoms with Crippen LogP contribution in [-0.2, 0) is 9.59 Å². The quantitative estimate of drug-likeness (QED) is 0.610. The van der Waals surface area contributed by atoms with Gasteiger partial charge in [-0.15, -0.1) is 0 Å². The van der Waals surface area contributed by atoms with Gasteiger partial charge in [0.2, 0.25) is 5.91 Å². The van der Waals surface area contributed by atoms with E-state index in [1.165, 1.54) is 6.92 Å². The van der Waals surface area contributed by atoms with Crippen LogP contribution in [0.15, 0.2) is 0 Å². The van der Waals surface area contributed by atoms with Crippen molar-refractivity contribution in [3.05, 3.63) is 0 Å². The van der Waals surface area contributed by atoms with E-state index in [-0.39, 0.29) is 18.5 Å². The number of nitrogens with zero attached hydrogens (tertiary/aromatic N) is 1.